The van der Waals surface area contributed by atoms with E-state index < -0.39 is 0 Å². The van der Waals surface area contributed by atoms with Gasteiger partial charge in [0.05, 0.1) is 13.2 Å². The SMILES string of the molecule is COCOC[C@@H](C)C[C@@H](C)COC(=O)N(C(C)C)C(C)C. The fraction of sp³-hybridized carbons (Fsp3) is 0.938. The smallest absolute Gasteiger partial charge is 0.410 e. The zero-order chi connectivity index (χ0) is 16.4. The van der Waals surface area contributed by atoms with Gasteiger partial charge in [0.1, 0.15) is 6.79 Å². The van der Waals surface area contributed by atoms with E-state index in [0.29, 0.717) is 31.8 Å². The number of carbonyl (C=O) groups is 1. The Balaban J connectivity index is 4.05. The first-order valence-electron chi connectivity index (χ1n) is 7.81. The van der Waals surface area contributed by atoms with Crippen molar-refractivity contribution in [3.63, 3.8) is 0 Å². The molecule has 0 saturated heterocycles. The molecular weight excluding hydrogens is 270 g/mol. The molecule has 0 unspecified atom stereocenters. The fourth-order valence-corrected chi connectivity index (χ4v) is 2.46. The second-order valence-corrected chi connectivity index (χ2v) is 6.40. The van der Waals surface area contributed by atoms with Crippen LogP contribution in [0, 0.1) is 11.8 Å². The molecule has 0 spiro atoms. The summed E-state index contributed by atoms with van der Waals surface area (Å²) >= 11 is 0. The van der Waals surface area contributed by atoms with E-state index in [4.69, 9.17) is 14.2 Å². The van der Waals surface area contributed by atoms with Crippen molar-refractivity contribution in [1.29, 1.82) is 0 Å². The third-order valence-electron chi connectivity index (χ3n) is 3.22. The summed E-state index contributed by atoms with van der Waals surface area (Å²) in [6.07, 6.45) is 0.732. The Labute approximate surface area is 129 Å². The summed E-state index contributed by atoms with van der Waals surface area (Å²) in [5, 5.41) is 0. The molecule has 0 N–H and O–H groups in total. The van der Waals surface area contributed by atoms with Crippen LogP contribution in [-0.2, 0) is 14.2 Å². The minimum absolute atomic E-state index is 0.147. The van der Waals surface area contributed by atoms with Crippen LogP contribution < -0.4 is 0 Å². The van der Waals surface area contributed by atoms with Crippen molar-refractivity contribution in [1.82, 2.24) is 4.90 Å². The van der Waals surface area contributed by atoms with Crippen molar-refractivity contribution in [3.8, 4) is 0 Å². The highest BCUT2D eigenvalue weighted by atomic mass is 16.7. The van der Waals surface area contributed by atoms with Gasteiger partial charge >= 0.3 is 6.09 Å². The van der Waals surface area contributed by atoms with Crippen molar-refractivity contribution in [2.45, 2.75) is 60.0 Å². The maximum Gasteiger partial charge on any atom is 0.410 e. The average Bonchev–Trinajstić information content (AvgIpc) is 2.35. The number of amides is 1. The zero-order valence-corrected chi connectivity index (χ0v) is 14.7. The molecule has 0 saturated carbocycles. The van der Waals surface area contributed by atoms with Gasteiger partial charge in [-0.2, -0.15) is 0 Å². The molecule has 0 aromatic carbocycles. The Morgan fingerprint density at radius 1 is 0.952 bits per heavy atom. The number of methoxy groups -OCH3 is 1. The van der Waals surface area contributed by atoms with Gasteiger partial charge in [0.2, 0.25) is 0 Å². The summed E-state index contributed by atoms with van der Waals surface area (Å²) in [7, 11) is 1.61. The van der Waals surface area contributed by atoms with Crippen molar-refractivity contribution in [2.24, 2.45) is 11.8 Å². The molecule has 0 radical (unpaired) electrons. The van der Waals surface area contributed by atoms with Gasteiger partial charge in [-0.1, -0.05) is 13.8 Å². The largest absolute Gasteiger partial charge is 0.449 e. The van der Waals surface area contributed by atoms with E-state index in [2.05, 4.69) is 13.8 Å². The van der Waals surface area contributed by atoms with Gasteiger partial charge in [-0.05, 0) is 46.0 Å². The van der Waals surface area contributed by atoms with Crippen LogP contribution in [0.15, 0.2) is 0 Å². The highest BCUT2D eigenvalue weighted by Gasteiger charge is 2.22. The first-order valence-corrected chi connectivity index (χ1v) is 7.81. The Kier molecular flexibility index (Phi) is 10.4. The van der Waals surface area contributed by atoms with Gasteiger partial charge < -0.3 is 19.1 Å². The van der Waals surface area contributed by atoms with E-state index in [1.807, 2.05) is 27.7 Å². The molecule has 0 heterocycles. The van der Waals surface area contributed by atoms with Crippen molar-refractivity contribution >= 4 is 6.09 Å². The maximum absolute atomic E-state index is 12.1. The number of hydrogen-bond donors (Lipinski definition) is 0. The van der Waals surface area contributed by atoms with E-state index in [0.717, 1.165) is 6.42 Å². The fourth-order valence-electron chi connectivity index (χ4n) is 2.46. The molecule has 2 atom stereocenters. The lowest BCUT2D eigenvalue weighted by atomic mass is 9.99. The summed E-state index contributed by atoms with van der Waals surface area (Å²) in [6, 6.07) is 0.295. The minimum atomic E-state index is -0.227. The molecule has 0 aliphatic heterocycles. The first kappa shape index (κ1) is 20.2. The Morgan fingerprint density at radius 3 is 1.95 bits per heavy atom. The number of nitrogens with zero attached hydrogens (tertiary/aromatic N) is 1. The highest BCUT2D eigenvalue weighted by molar-refractivity contribution is 5.68. The predicted octanol–water partition coefficient (Wildman–Crippen LogP) is 3.52. The Bertz CT molecular complexity index is 273. The molecule has 126 valence electrons. The van der Waals surface area contributed by atoms with Crippen LogP contribution in [0.3, 0.4) is 0 Å². The summed E-state index contributed by atoms with van der Waals surface area (Å²) in [4.78, 5) is 13.9. The highest BCUT2D eigenvalue weighted by Crippen LogP contribution is 2.14. The normalized spacial score (nSPS) is 14.3. The standard InChI is InChI=1S/C16H33NO4/c1-12(2)17(13(3)4)16(18)21-10-15(6)8-14(5)9-20-11-19-7/h12-15H,8-11H2,1-7H3/t14-,15+/m0/s1. The average molecular weight is 303 g/mol. The number of rotatable bonds is 10. The van der Waals surface area contributed by atoms with Crippen molar-refractivity contribution in [3.05, 3.63) is 0 Å². The van der Waals surface area contributed by atoms with Crippen molar-refractivity contribution < 1.29 is 19.0 Å². The molecule has 0 aromatic rings. The van der Waals surface area contributed by atoms with Gasteiger partial charge in [0, 0.05) is 19.2 Å². The van der Waals surface area contributed by atoms with Crippen LogP contribution in [0.4, 0.5) is 4.79 Å². The monoisotopic (exact) mass is 303 g/mol. The third-order valence-corrected chi connectivity index (χ3v) is 3.22. The molecule has 0 aromatic heterocycles. The second kappa shape index (κ2) is 10.9. The number of hydrogen-bond acceptors (Lipinski definition) is 4. The van der Waals surface area contributed by atoms with Crippen LogP contribution in [0.5, 0.6) is 0 Å². The van der Waals surface area contributed by atoms with Crippen LogP contribution in [0.1, 0.15) is 48.0 Å². The van der Waals surface area contributed by atoms with E-state index in [1.165, 1.54) is 0 Å². The summed E-state index contributed by atoms with van der Waals surface area (Å²) < 4.78 is 15.6. The van der Waals surface area contributed by atoms with Gasteiger partial charge in [-0.3, -0.25) is 0 Å². The third kappa shape index (κ3) is 8.94. The molecular formula is C16H33NO4. The molecule has 0 aliphatic carbocycles. The lowest BCUT2D eigenvalue weighted by molar-refractivity contribution is -0.0443. The Hall–Kier alpha value is -0.810. The molecule has 1 amide bonds. The topological polar surface area (TPSA) is 48.0 Å². The predicted molar refractivity (Wildman–Crippen MR) is 84.2 cm³/mol. The van der Waals surface area contributed by atoms with E-state index in [9.17, 15) is 4.79 Å². The van der Waals surface area contributed by atoms with Gasteiger partial charge in [-0.25, -0.2) is 4.79 Å². The molecule has 0 rings (SSSR count). The van der Waals surface area contributed by atoms with Crippen LogP contribution in [0.25, 0.3) is 0 Å². The van der Waals surface area contributed by atoms with E-state index >= 15 is 0 Å². The lowest BCUT2D eigenvalue weighted by Crippen LogP contribution is -2.42. The summed E-state index contributed by atoms with van der Waals surface area (Å²) in [5.74, 6) is 0.733. The molecule has 0 aliphatic rings. The molecule has 5 nitrogen and oxygen atoms in total. The molecule has 21 heavy (non-hydrogen) atoms. The van der Waals surface area contributed by atoms with Crippen molar-refractivity contribution in [2.75, 3.05) is 27.1 Å². The van der Waals surface area contributed by atoms with E-state index in [1.54, 1.807) is 12.0 Å². The summed E-state index contributed by atoms with van der Waals surface area (Å²) in [5.41, 5.74) is 0. The van der Waals surface area contributed by atoms with Crippen LogP contribution in [-0.4, -0.2) is 50.2 Å². The summed E-state index contributed by atoms with van der Waals surface area (Å²) in [6.45, 7) is 13.7. The first-order chi connectivity index (χ1) is 9.79. The lowest BCUT2D eigenvalue weighted by Gasteiger charge is -2.30. The molecule has 0 bridgehead atoms. The number of ether oxygens (including phenoxy) is 3. The molecule has 0 fully saturated rings. The van der Waals surface area contributed by atoms with Crippen LogP contribution >= 0.6 is 0 Å². The molecule has 5 heteroatoms. The van der Waals surface area contributed by atoms with Gasteiger partial charge in [-0.15, -0.1) is 0 Å². The quantitative estimate of drug-likeness (QED) is 0.457. The maximum atomic E-state index is 12.1. The van der Waals surface area contributed by atoms with Crippen LogP contribution in [0.2, 0.25) is 0 Å². The Morgan fingerprint density at radius 2 is 1.48 bits per heavy atom. The van der Waals surface area contributed by atoms with Gasteiger partial charge in [0.15, 0.2) is 0 Å². The minimum Gasteiger partial charge on any atom is -0.449 e. The van der Waals surface area contributed by atoms with Gasteiger partial charge in [0.25, 0.3) is 0 Å². The number of carbonyl (C=O) groups excluding carboxylic acids is 1. The second-order valence-electron chi connectivity index (χ2n) is 6.40. The van der Waals surface area contributed by atoms with E-state index in [-0.39, 0.29) is 18.2 Å². The zero-order valence-electron chi connectivity index (χ0n) is 14.7.